The van der Waals surface area contributed by atoms with E-state index in [2.05, 4.69) is 6.92 Å². The molecule has 0 radical (unpaired) electrons. The highest BCUT2D eigenvalue weighted by Crippen LogP contribution is 2.23. The lowest BCUT2D eigenvalue weighted by atomic mass is 9.99. The van der Waals surface area contributed by atoms with Crippen LogP contribution in [0.1, 0.15) is 43.0 Å². The van der Waals surface area contributed by atoms with E-state index in [4.69, 9.17) is 5.73 Å². The molecule has 0 unspecified atom stereocenters. The van der Waals surface area contributed by atoms with Crippen molar-refractivity contribution in [2.45, 2.75) is 32.6 Å². The molecule has 94 valence electrons. The molecule has 0 aromatic heterocycles. The van der Waals surface area contributed by atoms with Gasteiger partial charge in [-0.1, -0.05) is 44.0 Å². The van der Waals surface area contributed by atoms with Crippen molar-refractivity contribution in [3.63, 3.8) is 0 Å². The molecule has 0 saturated heterocycles. The van der Waals surface area contributed by atoms with E-state index in [1.165, 1.54) is 0 Å². The maximum Gasteiger partial charge on any atom is 0.164 e. The van der Waals surface area contributed by atoms with Gasteiger partial charge >= 0.3 is 0 Å². The van der Waals surface area contributed by atoms with Crippen LogP contribution in [0, 0.1) is 0 Å². The molecule has 2 aromatic rings. The SMILES string of the molecule is CCCCCC(=O)c1cc2ccccc2cc1N. The van der Waals surface area contributed by atoms with Crippen molar-refractivity contribution >= 4 is 22.2 Å². The molecule has 0 bridgehead atoms. The molecule has 2 rings (SSSR count). The first kappa shape index (κ1) is 12.6. The van der Waals surface area contributed by atoms with E-state index in [1.54, 1.807) is 0 Å². The van der Waals surface area contributed by atoms with E-state index in [-0.39, 0.29) is 5.78 Å². The number of Topliss-reactive ketones (excluding diaryl/α,β-unsaturated/α-hetero) is 1. The van der Waals surface area contributed by atoms with E-state index in [0.717, 1.165) is 30.0 Å². The molecule has 2 N–H and O–H groups in total. The van der Waals surface area contributed by atoms with Crippen LogP contribution in [0.5, 0.6) is 0 Å². The average molecular weight is 241 g/mol. The van der Waals surface area contributed by atoms with Crippen molar-refractivity contribution in [3.8, 4) is 0 Å². The van der Waals surface area contributed by atoms with E-state index >= 15 is 0 Å². The third kappa shape index (κ3) is 2.70. The summed E-state index contributed by atoms with van der Waals surface area (Å²) >= 11 is 0. The van der Waals surface area contributed by atoms with Crippen LogP contribution in [-0.4, -0.2) is 5.78 Å². The zero-order valence-corrected chi connectivity index (χ0v) is 10.8. The molecule has 0 atom stereocenters. The van der Waals surface area contributed by atoms with Crippen LogP contribution >= 0.6 is 0 Å². The fourth-order valence-corrected chi connectivity index (χ4v) is 2.17. The summed E-state index contributed by atoms with van der Waals surface area (Å²) < 4.78 is 0. The first-order valence-corrected chi connectivity index (χ1v) is 6.54. The number of carbonyl (C=O) groups is 1. The van der Waals surface area contributed by atoms with Crippen molar-refractivity contribution in [2.75, 3.05) is 5.73 Å². The number of fused-ring (bicyclic) bond motifs is 1. The number of nitrogen functional groups attached to an aromatic ring is 1. The molecule has 0 aliphatic rings. The largest absolute Gasteiger partial charge is 0.398 e. The average Bonchev–Trinajstić information content (AvgIpc) is 2.38. The van der Waals surface area contributed by atoms with E-state index < -0.39 is 0 Å². The predicted octanol–water partition coefficient (Wildman–Crippen LogP) is 4.19. The molecule has 0 aliphatic carbocycles. The molecule has 0 saturated carbocycles. The van der Waals surface area contributed by atoms with Crippen LogP contribution in [0.4, 0.5) is 5.69 Å². The number of hydrogen-bond acceptors (Lipinski definition) is 2. The van der Waals surface area contributed by atoms with Crippen LogP contribution < -0.4 is 5.73 Å². The third-order valence-corrected chi connectivity index (χ3v) is 3.23. The summed E-state index contributed by atoms with van der Waals surface area (Å²) in [6, 6.07) is 11.8. The first-order valence-electron chi connectivity index (χ1n) is 6.54. The van der Waals surface area contributed by atoms with Crippen molar-refractivity contribution in [1.29, 1.82) is 0 Å². The number of carbonyl (C=O) groups excluding carboxylic acids is 1. The van der Waals surface area contributed by atoms with Crippen molar-refractivity contribution in [3.05, 3.63) is 42.0 Å². The van der Waals surface area contributed by atoms with E-state index in [0.29, 0.717) is 17.7 Å². The van der Waals surface area contributed by atoms with Crippen LogP contribution in [0.25, 0.3) is 10.8 Å². The van der Waals surface area contributed by atoms with Gasteiger partial charge in [0.2, 0.25) is 0 Å². The van der Waals surface area contributed by atoms with Gasteiger partial charge in [-0.15, -0.1) is 0 Å². The Morgan fingerprint density at radius 1 is 1.11 bits per heavy atom. The number of rotatable bonds is 5. The molecule has 0 aliphatic heterocycles. The Labute approximate surface area is 108 Å². The highest BCUT2D eigenvalue weighted by molar-refractivity contribution is 6.05. The minimum Gasteiger partial charge on any atom is -0.398 e. The van der Waals surface area contributed by atoms with Crippen molar-refractivity contribution in [2.24, 2.45) is 0 Å². The van der Waals surface area contributed by atoms with Gasteiger partial charge in [0.15, 0.2) is 5.78 Å². The summed E-state index contributed by atoms with van der Waals surface area (Å²) in [7, 11) is 0. The van der Waals surface area contributed by atoms with Crippen molar-refractivity contribution < 1.29 is 4.79 Å². The van der Waals surface area contributed by atoms with Gasteiger partial charge in [-0.25, -0.2) is 0 Å². The molecule has 2 nitrogen and oxygen atoms in total. The summed E-state index contributed by atoms with van der Waals surface area (Å²) in [4.78, 5) is 12.1. The number of unbranched alkanes of at least 4 members (excludes halogenated alkanes) is 2. The van der Waals surface area contributed by atoms with E-state index in [1.807, 2.05) is 36.4 Å². The lowest BCUT2D eigenvalue weighted by Gasteiger charge is -2.07. The number of anilines is 1. The van der Waals surface area contributed by atoms with Gasteiger partial charge < -0.3 is 5.73 Å². The summed E-state index contributed by atoms with van der Waals surface area (Å²) in [6.07, 6.45) is 3.76. The fourth-order valence-electron chi connectivity index (χ4n) is 2.17. The number of hydrogen-bond donors (Lipinski definition) is 1. The molecular formula is C16H19NO. The van der Waals surface area contributed by atoms with Crippen LogP contribution in [0.3, 0.4) is 0 Å². The summed E-state index contributed by atoms with van der Waals surface area (Å²) in [5.74, 6) is 0.159. The highest BCUT2D eigenvalue weighted by Gasteiger charge is 2.10. The fraction of sp³-hybridized carbons (Fsp3) is 0.312. The Balaban J connectivity index is 2.27. The molecule has 0 spiro atoms. The predicted molar refractivity (Wildman–Crippen MR) is 76.8 cm³/mol. The second-order valence-corrected chi connectivity index (χ2v) is 4.67. The number of benzene rings is 2. The molecule has 0 heterocycles. The Bertz CT molecular complexity index is 560. The van der Waals surface area contributed by atoms with Crippen molar-refractivity contribution in [1.82, 2.24) is 0 Å². The normalized spacial score (nSPS) is 10.7. The van der Waals surface area contributed by atoms with Gasteiger partial charge in [0.25, 0.3) is 0 Å². The lowest BCUT2D eigenvalue weighted by molar-refractivity contribution is 0.0980. The van der Waals surface area contributed by atoms with Crippen LogP contribution in [-0.2, 0) is 0 Å². The second-order valence-electron chi connectivity index (χ2n) is 4.67. The summed E-state index contributed by atoms with van der Waals surface area (Å²) in [5, 5.41) is 2.16. The smallest absolute Gasteiger partial charge is 0.164 e. The molecule has 2 heteroatoms. The molecule has 0 amide bonds. The monoisotopic (exact) mass is 241 g/mol. The van der Waals surface area contributed by atoms with Gasteiger partial charge in [0.05, 0.1) is 0 Å². The van der Waals surface area contributed by atoms with Crippen LogP contribution in [0.15, 0.2) is 36.4 Å². The lowest BCUT2D eigenvalue weighted by Crippen LogP contribution is -2.03. The molecule has 2 aromatic carbocycles. The van der Waals surface area contributed by atoms with Gasteiger partial charge in [-0.05, 0) is 29.3 Å². The van der Waals surface area contributed by atoms with E-state index in [9.17, 15) is 4.79 Å². The zero-order valence-electron chi connectivity index (χ0n) is 10.8. The Morgan fingerprint density at radius 2 is 1.78 bits per heavy atom. The summed E-state index contributed by atoms with van der Waals surface area (Å²) in [6.45, 7) is 2.13. The Morgan fingerprint density at radius 3 is 2.44 bits per heavy atom. The minimum absolute atomic E-state index is 0.159. The second kappa shape index (κ2) is 5.67. The topological polar surface area (TPSA) is 43.1 Å². The molecular weight excluding hydrogens is 222 g/mol. The summed E-state index contributed by atoms with van der Waals surface area (Å²) in [5.41, 5.74) is 7.23. The first-order chi connectivity index (χ1) is 8.72. The molecule has 18 heavy (non-hydrogen) atoms. The zero-order chi connectivity index (χ0) is 13.0. The maximum absolute atomic E-state index is 12.1. The third-order valence-electron chi connectivity index (χ3n) is 3.23. The van der Waals surface area contributed by atoms with Gasteiger partial charge in [-0.2, -0.15) is 0 Å². The van der Waals surface area contributed by atoms with Gasteiger partial charge in [0.1, 0.15) is 0 Å². The number of nitrogens with two attached hydrogens (primary N) is 1. The molecule has 0 fully saturated rings. The van der Waals surface area contributed by atoms with Crippen LogP contribution in [0.2, 0.25) is 0 Å². The highest BCUT2D eigenvalue weighted by atomic mass is 16.1. The number of ketones is 1. The Hall–Kier alpha value is -1.83. The standard InChI is InChI=1S/C16H19NO/c1-2-3-4-9-16(18)14-10-12-7-5-6-8-13(12)11-15(14)17/h5-8,10-11H,2-4,9,17H2,1H3. The minimum atomic E-state index is 0.159. The quantitative estimate of drug-likeness (QED) is 0.484. The maximum atomic E-state index is 12.1. The van der Waals surface area contributed by atoms with Gasteiger partial charge in [-0.3, -0.25) is 4.79 Å². The Kier molecular flexibility index (Phi) is 3.98. The van der Waals surface area contributed by atoms with Gasteiger partial charge in [0, 0.05) is 17.7 Å².